The molecule has 1 amide bonds. The normalized spacial score (nSPS) is 14.6. The lowest BCUT2D eigenvalue weighted by molar-refractivity contribution is 0.0377. The van der Waals surface area contributed by atoms with Crippen LogP contribution in [0.3, 0.4) is 0 Å². The molecule has 5 rings (SSSR count). The molecule has 1 aliphatic carbocycles. The third-order valence-corrected chi connectivity index (χ3v) is 6.82. The van der Waals surface area contributed by atoms with Gasteiger partial charge in [-0.1, -0.05) is 54.6 Å². The average molecular weight is 500 g/mol. The fourth-order valence-corrected chi connectivity index (χ4v) is 4.89. The zero-order valence-corrected chi connectivity index (χ0v) is 22.0. The summed E-state index contributed by atoms with van der Waals surface area (Å²) in [7, 11) is 3.27. The van der Waals surface area contributed by atoms with E-state index in [2.05, 4.69) is 41.7 Å². The highest BCUT2D eigenvalue weighted by molar-refractivity contribution is 5.84. The largest absolute Gasteiger partial charge is 0.495 e. The van der Waals surface area contributed by atoms with E-state index in [4.69, 9.17) is 19.2 Å². The molecule has 0 saturated heterocycles. The molecule has 2 heterocycles. The van der Waals surface area contributed by atoms with Crippen LogP contribution >= 0.6 is 0 Å². The Morgan fingerprint density at radius 1 is 0.973 bits per heavy atom. The number of pyridine rings is 1. The predicted octanol–water partition coefficient (Wildman–Crippen LogP) is 6.59. The van der Waals surface area contributed by atoms with Crippen LogP contribution in [-0.2, 0) is 10.3 Å². The Hall–Kier alpha value is -4.00. The molecule has 0 aliphatic heterocycles. The van der Waals surface area contributed by atoms with Gasteiger partial charge in [-0.05, 0) is 45.6 Å². The molecule has 0 radical (unpaired) electrons. The van der Waals surface area contributed by atoms with Crippen molar-refractivity contribution in [1.29, 1.82) is 0 Å². The molecule has 1 fully saturated rings. The molecule has 2 aromatic heterocycles. The Labute approximate surface area is 217 Å². The minimum Gasteiger partial charge on any atom is -0.495 e. The Balaban J connectivity index is 1.57. The van der Waals surface area contributed by atoms with E-state index in [-0.39, 0.29) is 6.09 Å². The van der Waals surface area contributed by atoms with Crippen LogP contribution in [0.4, 0.5) is 4.79 Å². The van der Waals surface area contributed by atoms with Gasteiger partial charge in [-0.25, -0.2) is 9.78 Å². The molecule has 7 heteroatoms. The van der Waals surface area contributed by atoms with Crippen molar-refractivity contribution in [2.24, 2.45) is 0 Å². The second-order valence-corrected chi connectivity index (χ2v) is 10.5. The van der Waals surface area contributed by atoms with Crippen LogP contribution in [-0.4, -0.2) is 35.3 Å². The summed E-state index contributed by atoms with van der Waals surface area (Å²) in [6.45, 7) is 5.62. The maximum absolute atomic E-state index is 12.6. The summed E-state index contributed by atoms with van der Waals surface area (Å²) in [5.41, 5.74) is 4.63. The Morgan fingerprint density at radius 3 is 2.24 bits per heavy atom. The van der Waals surface area contributed by atoms with E-state index >= 15 is 0 Å². The van der Waals surface area contributed by atoms with E-state index in [0.29, 0.717) is 17.1 Å². The zero-order valence-electron chi connectivity index (χ0n) is 22.0. The van der Waals surface area contributed by atoms with Crippen molar-refractivity contribution in [3.8, 4) is 34.0 Å². The highest BCUT2D eigenvalue weighted by atomic mass is 16.6. The van der Waals surface area contributed by atoms with Crippen LogP contribution in [0.15, 0.2) is 66.9 Å². The third kappa shape index (κ3) is 4.73. The Bertz CT molecular complexity index is 1420. The number of aromatic nitrogens is 2. The summed E-state index contributed by atoms with van der Waals surface area (Å²) in [5, 5.41) is 3.14. The van der Waals surface area contributed by atoms with Gasteiger partial charge >= 0.3 is 6.09 Å². The monoisotopic (exact) mass is 499 g/mol. The number of rotatable bonds is 6. The van der Waals surface area contributed by atoms with Gasteiger partial charge < -0.3 is 19.5 Å². The third-order valence-electron chi connectivity index (χ3n) is 6.82. The lowest BCUT2D eigenvalue weighted by Crippen LogP contribution is -2.52. The maximum Gasteiger partial charge on any atom is 0.408 e. The van der Waals surface area contributed by atoms with Crippen molar-refractivity contribution in [3.63, 3.8) is 0 Å². The molecule has 37 heavy (non-hydrogen) atoms. The number of methoxy groups -OCH3 is 2. The fraction of sp³-hybridized carbons (Fsp3) is 0.333. The van der Waals surface area contributed by atoms with Crippen LogP contribution in [0.2, 0.25) is 0 Å². The SMILES string of the molecule is COc1cc(OC)c2nc(-c3ccc(C4(NC(=O)OC(C)(C)C)CCC4)cc3)c(-c3ccccc3)n2c1. The molecule has 0 bridgehead atoms. The number of nitrogens with one attached hydrogen (secondary N) is 1. The van der Waals surface area contributed by atoms with Crippen molar-refractivity contribution >= 4 is 11.7 Å². The molecule has 1 aliphatic rings. The number of imidazole rings is 1. The Morgan fingerprint density at radius 2 is 1.68 bits per heavy atom. The standard InChI is InChI=1S/C30H33N3O4/c1-29(2,3)37-28(34)32-30(16-9-17-30)22-14-12-20(13-15-22)25-26(21-10-7-6-8-11-21)33-19-23(35-4)18-24(36-5)27(33)31-25/h6-8,10-15,18-19H,9,16-17H2,1-5H3,(H,32,34). The summed E-state index contributed by atoms with van der Waals surface area (Å²) in [6, 6.07) is 20.3. The van der Waals surface area contributed by atoms with Crippen molar-refractivity contribution in [2.75, 3.05) is 14.2 Å². The highest BCUT2D eigenvalue weighted by Gasteiger charge is 2.41. The van der Waals surface area contributed by atoms with E-state index in [0.717, 1.165) is 47.3 Å². The summed E-state index contributed by atoms with van der Waals surface area (Å²) in [5.74, 6) is 1.32. The number of carbonyl (C=O) groups is 1. The molecule has 192 valence electrons. The molecular formula is C30H33N3O4. The van der Waals surface area contributed by atoms with E-state index in [9.17, 15) is 4.79 Å². The zero-order chi connectivity index (χ0) is 26.2. The fourth-order valence-electron chi connectivity index (χ4n) is 4.89. The van der Waals surface area contributed by atoms with Crippen molar-refractivity contribution in [1.82, 2.24) is 14.7 Å². The quantitative estimate of drug-likeness (QED) is 0.324. The summed E-state index contributed by atoms with van der Waals surface area (Å²) >= 11 is 0. The van der Waals surface area contributed by atoms with E-state index in [1.165, 1.54) is 0 Å². The van der Waals surface area contributed by atoms with Gasteiger partial charge in [0.2, 0.25) is 0 Å². The second-order valence-electron chi connectivity index (χ2n) is 10.5. The van der Waals surface area contributed by atoms with Gasteiger partial charge in [0.15, 0.2) is 11.4 Å². The molecule has 4 aromatic rings. The maximum atomic E-state index is 12.6. The number of amides is 1. The minimum absolute atomic E-state index is 0.385. The van der Waals surface area contributed by atoms with E-state index in [1.54, 1.807) is 14.2 Å². The topological polar surface area (TPSA) is 74.1 Å². The number of nitrogens with zero attached hydrogens (tertiary/aromatic N) is 2. The van der Waals surface area contributed by atoms with Gasteiger partial charge in [0.1, 0.15) is 11.4 Å². The van der Waals surface area contributed by atoms with Crippen LogP contribution in [0.25, 0.3) is 28.2 Å². The molecule has 2 aromatic carbocycles. The van der Waals surface area contributed by atoms with Crippen LogP contribution in [0.5, 0.6) is 11.5 Å². The molecule has 0 atom stereocenters. The lowest BCUT2D eigenvalue weighted by Gasteiger charge is -2.43. The van der Waals surface area contributed by atoms with Crippen LogP contribution < -0.4 is 14.8 Å². The molecular weight excluding hydrogens is 466 g/mol. The van der Waals surface area contributed by atoms with Crippen molar-refractivity contribution < 1.29 is 19.0 Å². The van der Waals surface area contributed by atoms with Crippen LogP contribution in [0, 0.1) is 0 Å². The highest BCUT2D eigenvalue weighted by Crippen LogP contribution is 2.43. The first-order chi connectivity index (χ1) is 17.7. The number of alkyl carbamates (subject to hydrolysis) is 1. The average Bonchev–Trinajstić information content (AvgIpc) is 3.24. The van der Waals surface area contributed by atoms with E-state index < -0.39 is 11.1 Å². The molecule has 0 spiro atoms. The number of carbonyl (C=O) groups excluding carboxylic acids is 1. The number of hydrogen-bond donors (Lipinski definition) is 1. The van der Waals surface area contributed by atoms with Gasteiger partial charge in [0, 0.05) is 17.2 Å². The van der Waals surface area contributed by atoms with Gasteiger partial charge in [0.25, 0.3) is 0 Å². The summed E-state index contributed by atoms with van der Waals surface area (Å²) < 4.78 is 18.7. The Kier molecular flexibility index (Phi) is 6.31. The van der Waals surface area contributed by atoms with Crippen molar-refractivity contribution in [3.05, 3.63) is 72.4 Å². The number of benzene rings is 2. The van der Waals surface area contributed by atoms with Gasteiger partial charge in [-0.15, -0.1) is 0 Å². The first kappa shape index (κ1) is 24.7. The number of hydrogen-bond acceptors (Lipinski definition) is 5. The van der Waals surface area contributed by atoms with Gasteiger partial charge in [-0.3, -0.25) is 4.40 Å². The van der Waals surface area contributed by atoms with Crippen LogP contribution in [0.1, 0.15) is 45.6 Å². The first-order valence-corrected chi connectivity index (χ1v) is 12.5. The molecule has 7 nitrogen and oxygen atoms in total. The van der Waals surface area contributed by atoms with Crippen molar-refractivity contribution in [2.45, 2.75) is 51.2 Å². The molecule has 1 saturated carbocycles. The minimum atomic E-state index is -0.542. The summed E-state index contributed by atoms with van der Waals surface area (Å²) in [4.78, 5) is 17.6. The van der Waals surface area contributed by atoms with Gasteiger partial charge in [-0.2, -0.15) is 0 Å². The molecule has 1 N–H and O–H groups in total. The van der Waals surface area contributed by atoms with Gasteiger partial charge in [0.05, 0.1) is 37.3 Å². The van der Waals surface area contributed by atoms with E-state index in [1.807, 2.05) is 55.6 Å². The lowest BCUT2D eigenvalue weighted by atomic mass is 9.71. The first-order valence-electron chi connectivity index (χ1n) is 12.5. The number of ether oxygens (including phenoxy) is 3. The number of fused-ring (bicyclic) bond motifs is 1. The predicted molar refractivity (Wildman–Crippen MR) is 144 cm³/mol. The second kappa shape index (κ2) is 9.47. The molecule has 0 unspecified atom stereocenters. The summed E-state index contributed by atoms with van der Waals surface area (Å²) in [6.07, 6.45) is 4.37. The smallest absolute Gasteiger partial charge is 0.408 e.